The molecule has 0 aliphatic carbocycles. The summed E-state index contributed by atoms with van der Waals surface area (Å²) in [6.45, 7) is 6.78. The summed E-state index contributed by atoms with van der Waals surface area (Å²) in [5.74, 6) is 0. The number of aromatic nitrogens is 1. The summed E-state index contributed by atoms with van der Waals surface area (Å²) in [6.07, 6.45) is 3.23. The van der Waals surface area contributed by atoms with E-state index in [-0.39, 0.29) is 0 Å². The molecule has 3 heteroatoms. The Morgan fingerprint density at radius 2 is 1.63 bits per heavy atom. The molecule has 0 atom stereocenters. The van der Waals surface area contributed by atoms with Crippen LogP contribution in [-0.2, 0) is 24.4 Å². The van der Waals surface area contributed by atoms with E-state index in [9.17, 15) is 0 Å². The second-order valence-electron chi connectivity index (χ2n) is 7.16. The van der Waals surface area contributed by atoms with Crippen molar-refractivity contribution in [3.05, 3.63) is 95.3 Å². The Morgan fingerprint density at radius 3 is 2.37 bits per heavy atom. The van der Waals surface area contributed by atoms with E-state index < -0.39 is 0 Å². The van der Waals surface area contributed by atoms with Gasteiger partial charge in [0, 0.05) is 51.8 Å². The van der Waals surface area contributed by atoms with Crippen molar-refractivity contribution < 1.29 is 4.74 Å². The molecule has 0 amide bonds. The second-order valence-corrected chi connectivity index (χ2v) is 7.16. The van der Waals surface area contributed by atoms with Crippen molar-refractivity contribution in [1.29, 1.82) is 0 Å². The van der Waals surface area contributed by atoms with E-state index in [0.717, 1.165) is 39.2 Å². The number of aryl methyl sites for hydroxylation is 1. The topological polar surface area (TPSA) is 17.4 Å². The fourth-order valence-corrected chi connectivity index (χ4v) is 3.35. The van der Waals surface area contributed by atoms with Gasteiger partial charge in [0.05, 0.1) is 0 Å². The SMILES string of the molecule is COCCCN(Cc1ccccc1)Cc1cccn1Cc1ccc(C)cc1. The minimum Gasteiger partial charge on any atom is -0.385 e. The van der Waals surface area contributed by atoms with Crippen LogP contribution in [0.15, 0.2) is 72.9 Å². The number of hydrogen-bond acceptors (Lipinski definition) is 2. The highest BCUT2D eigenvalue weighted by Crippen LogP contribution is 2.14. The molecule has 142 valence electrons. The summed E-state index contributed by atoms with van der Waals surface area (Å²) in [6, 6.07) is 23.9. The van der Waals surface area contributed by atoms with E-state index in [1.54, 1.807) is 7.11 Å². The minimum atomic E-state index is 0.801. The summed E-state index contributed by atoms with van der Waals surface area (Å²) in [7, 11) is 1.77. The van der Waals surface area contributed by atoms with Crippen molar-refractivity contribution in [2.75, 3.05) is 20.3 Å². The molecule has 1 aromatic heterocycles. The smallest absolute Gasteiger partial charge is 0.0474 e. The monoisotopic (exact) mass is 362 g/mol. The molecule has 0 unspecified atom stereocenters. The standard InChI is InChI=1S/C24H30N2O/c1-21-11-13-23(14-12-21)19-26-16-6-10-24(26)20-25(15-7-17-27-2)18-22-8-4-3-5-9-22/h3-6,8-14,16H,7,15,17-20H2,1-2H3. The molecule has 0 fully saturated rings. The molecule has 0 aliphatic rings. The van der Waals surface area contributed by atoms with Gasteiger partial charge in [-0.05, 0) is 36.6 Å². The van der Waals surface area contributed by atoms with Gasteiger partial charge >= 0.3 is 0 Å². The van der Waals surface area contributed by atoms with Crippen molar-refractivity contribution >= 4 is 0 Å². The van der Waals surface area contributed by atoms with E-state index in [4.69, 9.17) is 4.74 Å². The van der Waals surface area contributed by atoms with E-state index in [0.29, 0.717) is 0 Å². The summed E-state index contributed by atoms with van der Waals surface area (Å²) < 4.78 is 7.62. The van der Waals surface area contributed by atoms with Crippen LogP contribution in [0.2, 0.25) is 0 Å². The largest absolute Gasteiger partial charge is 0.385 e. The zero-order valence-electron chi connectivity index (χ0n) is 16.5. The third kappa shape index (κ3) is 6.09. The normalized spacial score (nSPS) is 11.2. The highest BCUT2D eigenvalue weighted by molar-refractivity contribution is 5.23. The molecule has 3 rings (SSSR count). The zero-order chi connectivity index (χ0) is 18.9. The molecule has 0 bridgehead atoms. The van der Waals surface area contributed by atoms with Crippen LogP contribution in [0, 0.1) is 6.92 Å². The van der Waals surface area contributed by atoms with Crippen LogP contribution in [-0.4, -0.2) is 29.7 Å². The van der Waals surface area contributed by atoms with Crippen LogP contribution >= 0.6 is 0 Å². The Bertz CT molecular complexity index is 793. The van der Waals surface area contributed by atoms with Crippen molar-refractivity contribution in [3.8, 4) is 0 Å². The lowest BCUT2D eigenvalue weighted by molar-refractivity contribution is 0.165. The quantitative estimate of drug-likeness (QED) is 0.478. The summed E-state index contributed by atoms with van der Waals surface area (Å²) >= 11 is 0. The first-order valence-corrected chi connectivity index (χ1v) is 9.69. The van der Waals surface area contributed by atoms with Crippen LogP contribution < -0.4 is 0 Å². The van der Waals surface area contributed by atoms with Crippen LogP contribution in [0.4, 0.5) is 0 Å². The van der Waals surface area contributed by atoms with Gasteiger partial charge in [0.25, 0.3) is 0 Å². The first kappa shape index (κ1) is 19.4. The maximum atomic E-state index is 5.26. The lowest BCUT2D eigenvalue weighted by Gasteiger charge is -2.23. The molecule has 0 saturated carbocycles. The van der Waals surface area contributed by atoms with Gasteiger partial charge in [-0.3, -0.25) is 4.90 Å². The average Bonchev–Trinajstić information content (AvgIpc) is 3.11. The highest BCUT2D eigenvalue weighted by atomic mass is 16.5. The molecule has 1 heterocycles. The molecule has 3 nitrogen and oxygen atoms in total. The highest BCUT2D eigenvalue weighted by Gasteiger charge is 2.10. The van der Waals surface area contributed by atoms with Crippen LogP contribution in [0.1, 0.15) is 28.8 Å². The van der Waals surface area contributed by atoms with Crippen molar-refractivity contribution in [2.45, 2.75) is 33.0 Å². The Hall–Kier alpha value is -2.36. The predicted molar refractivity (Wildman–Crippen MR) is 112 cm³/mol. The molecule has 0 aliphatic heterocycles. The molecular formula is C24H30N2O. The molecule has 0 radical (unpaired) electrons. The molecule has 27 heavy (non-hydrogen) atoms. The summed E-state index contributed by atoms with van der Waals surface area (Å²) in [5, 5.41) is 0. The molecule has 0 spiro atoms. The first-order chi connectivity index (χ1) is 13.2. The van der Waals surface area contributed by atoms with E-state index >= 15 is 0 Å². The van der Waals surface area contributed by atoms with Crippen LogP contribution in [0.3, 0.4) is 0 Å². The Kier molecular flexibility index (Phi) is 7.26. The average molecular weight is 363 g/mol. The Balaban J connectivity index is 1.69. The van der Waals surface area contributed by atoms with Crippen molar-refractivity contribution in [1.82, 2.24) is 9.47 Å². The minimum absolute atomic E-state index is 0.801. The van der Waals surface area contributed by atoms with Crippen LogP contribution in [0.25, 0.3) is 0 Å². The number of rotatable bonds is 10. The van der Waals surface area contributed by atoms with Gasteiger partial charge in [0.1, 0.15) is 0 Å². The molecule has 2 aromatic carbocycles. The van der Waals surface area contributed by atoms with Gasteiger partial charge in [0.2, 0.25) is 0 Å². The van der Waals surface area contributed by atoms with Gasteiger partial charge in [-0.15, -0.1) is 0 Å². The van der Waals surface area contributed by atoms with Crippen molar-refractivity contribution in [2.24, 2.45) is 0 Å². The number of hydrogen-bond donors (Lipinski definition) is 0. The predicted octanol–water partition coefficient (Wildman–Crippen LogP) is 4.88. The van der Waals surface area contributed by atoms with Gasteiger partial charge < -0.3 is 9.30 Å². The number of nitrogens with zero attached hydrogens (tertiary/aromatic N) is 2. The zero-order valence-corrected chi connectivity index (χ0v) is 16.5. The maximum Gasteiger partial charge on any atom is 0.0474 e. The lowest BCUT2D eigenvalue weighted by atomic mass is 10.1. The molecule has 0 N–H and O–H groups in total. The van der Waals surface area contributed by atoms with Gasteiger partial charge in [-0.25, -0.2) is 0 Å². The number of benzene rings is 2. The summed E-state index contributed by atoms with van der Waals surface area (Å²) in [5.41, 5.74) is 5.35. The molecule has 3 aromatic rings. The Labute approximate surface area is 163 Å². The van der Waals surface area contributed by atoms with E-state index in [1.807, 2.05) is 0 Å². The fraction of sp³-hybridized carbons (Fsp3) is 0.333. The number of ether oxygens (including phenoxy) is 1. The maximum absolute atomic E-state index is 5.26. The van der Waals surface area contributed by atoms with E-state index in [2.05, 4.69) is 89.3 Å². The van der Waals surface area contributed by atoms with Gasteiger partial charge in [-0.2, -0.15) is 0 Å². The first-order valence-electron chi connectivity index (χ1n) is 9.69. The van der Waals surface area contributed by atoms with Crippen molar-refractivity contribution in [3.63, 3.8) is 0 Å². The third-order valence-electron chi connectivity index (χ3n) is 4.85. The van der Waals surface area contributed by atoms with Gasteiger partial charge in [-0.1, -0.05) is 60.2 Å². The third-order valence-corrected chi connectivity index (χ3v) is 4.85. The Morgan fingerprint density at radius 1 is 0.852 bits per heavy atom. The van der Waals surface area contributed by atoms with Crippen LogP contribution in [0.5, 0.6) is 0 Å². The molecular weight excluding hydrogens is 332 g/mol. The second kappa shape index (κ2) is 10.1. The molecule has 0 saturated heterocycles. The lowest BCUT2D eigenvalue weighted by Crippen LogP contribution is -2.26. The summed E-state index contributed by atoms with van der Waals surface area (Å²) in [4.78, 5) is 2.51. The van der Waals surface area contributed by atoms with Gasteiger partial charge in [0.15, 0.2) is 0 Å². The van der Waals surface area contributed by atoms with E-state index in [1.165, 1.54) is 22.4 Å². The number of methoxy groups -OCH3 is 1. The fourth-order valence-electron chi connectivity index (χ4n) is 3.35.